The van der Waals surface area contributed by atoms with Gasteiger partial charge in [0.15, 0.2) is 0 Å². The highest BCUT2D eigenvalue weighted by Gasteiger charge is 2.03. The first-order valence-corrected chi connectivity index (χ1v) is 7.76. The van der Waals surface area contributed by atoms with Gasteiger partial charge in [0.25, 0.3) is 0 Å². The number of nitrogens with zero attached hydrogens (tertiary/aromatic N) is 2. The van der Waals surface area contributed by atoms with Crippen molar-refractivity contribution in [1.82, 2.24) is 9.97 Å². The van der Waals surface area contributed by atoms with Crippen LogP contribution < -0.4 is 10.6 Å². The van der Waals surface area contributed by atoms with Gasteiger partial charge in [0.1, 0.15) is 5.82 Å². The van der Waals surface area contributed by atoms with E-state index in [9.17, 15) is 0 Å². The molecule has 3 rings (SSSR count). The zero-order valence-corrected chi connectivity index (χ0v) is 13.4. The average Bonchev–Trinajstić information content (AvgIpc) is 2.56. The van der Waals surface area contributed by atoms with Crippen LogP contribution in [0.4, 0.5) is 23.1 Å². The summed E-state index contributed by atoms with van der Waals surface area (Å²) in [4.78, 5) is 8.98. The van der Waals surface area contributed by atoms with E-state index >= 15 is 0 Å². The molecular formula is C19H20N4. The Morgan fingerprint density at radius 1 is 0.826 bits per heavy atom. The van der Waals surface area contributed by atoms with Crippen molar-refractivity contribution in [1.29, 1.82) is 0 Å². The maximum atomic E-state index is 4.53. The van der Waals surface area contributed by atoms with Gasteiger partial charge >= 0.3 is 0 Å². The lowest BCUT2D eigenvalue weighted by molar-refractivity contribution is 1.10. The second-order valence-electron chi connectivity index (χ2n) is 5.38. The van der Waals surface area contributed by atoms with Crippen molar-refractivity contribution in [3.8, 4) is 0 Å². The maximum Gasteiger partial charge on any atom is 0.229 e. The quantitative estimate of drug-likeness (QED) is 0.708. The van der Waals surface area contributed by atoms with Gasteiger partial charge in [-0.2, -0.15) is 4.98 Å². The van der Waals surface area contributed by atoms with E-state index in [4.69, 9.17) is 0 Å². The van der Waals surface area contributed by atoms with Gasteiger partial charge < -0.3 is 10.6 Å². The number of aromatic nitrogens is 2. The summed E-state index contributed by atoms with van der Waals surface area (Å²) in [5.41, 5.74) is 4.21. The van der Waals surface area contributed by atoms with E-state index in [0.717, 1.165) is 29.3 Å². The van der Waals surface area contributed by atoms with Crippen LogP contribution in [0.15, 0.2) is 60.7 Å². The standard InChI is InChI=1S/C19H20N4/c1-3-15-9-11-17(12-10-15)22-19-20-14(2)13-18(23-19)21-16-7-5-4-6-8-16/h4-13H,3H2,1-2H3,(H2,20,21,22,23). The molecule has 0 amide bonds. The van der Waals surface area contributed by atoms with E-state index in [1.54, 1.807) is 0 Å². The van der Waals surface area contributed by atoms with Gasteiger partial charge in [-0.25, -0.2) is 4.98 Å². The lowest BCUT2D eigenvalue weighted by Crippen LogP contribution is -2.02. The zero-order chi connectivity index (χ0) is 16.1. The van der Waals surface area contributed by atoms with Crippen molar-refractivity contribution >= 4 is 23.1 Å². The largest absolute Gasteiger partial charge is 0.340 e. The van der Waals surface area contributed by atoms with Crippen molar-refractivity contribution in [2.75, 3.05) is 10.6 Å². The second-order valence-corrected chi connectivity index (χ2v) is 5.38. The Kier molecular flexibility index (Phi) is 4.52. The Hall–Kier alpha value is -2.88. The van der Waals surface area contributed by atoms with Crippen molar-refractivity contribution in [3.05, 3.63) is 71.9 Å². The number of benzene rings is 2. The monoisotopic (exact) mass is 304 g/mol. The molecule has 23 heavy (non-hydrogen) atoms. The number of nitrogens with one attached hydrogen (secondary N) is 2. The molecule has 0 aliphatic heterocycles. The minimum Gasteiger partial charge on any atom is -0.340 e. The van der Waals surface area contributed by atoms with E-state index in [1.807, 2.05) is 43.3 Å². The second kappa shape index (κ2) is 6.92. The minimum atomic E-state index is 0.590. The molecule has 3 aromatic rings. The predicted molar refractivity (Wildman–Crippen MR) is 95.6 cm³/mol. The van der Waals surface area contributed by atoms with Gasteiger partial charge in [0.05, 0.1) is 0 Å². The fraction of sp³-hybridized carbons (Fsp3) is 0.158. The molecule has 0 saturated carbocycles. The Balaban J connectivity index is 1.79. The highest BCUT2D eigenvalue weighted by Crippen LogP contribution is 2.19. The normalized spacial score (nSPS) is 10.3. The summed E-state index contributed by atoms with van der Waals surface area (Å²) in [7, 11) is 0. The Morgan fingerprint density at radius 2 is 1.52 bits per heavy atom. The van der Waals surface area contributed by atoms with Crippen LogP contribution >= 0.6 is 0 Å². The topological polar surface area (TPSA) is 49.8 Å². The first-order chi connectivity index (χ1) is 11.2. The smallest absolute Gasteiger partial charge is 0.229 e. The summed E-state index contributed by atoms with van der Waals surface area (Å²) in [6.45, 7) is 4.11. The number of para-hydroxylation sites is 1. The molecule has 0 radical (unpaired) electrons. The van der Waals surface area contributed by atoms with Gasteiger partial charge in [-0.05, 0) is 43.2 Å². The third-order valence-corrected chi connectivity index (χ3v) is 3.52. The van der Waals surface area contributed by atoms with Crippen LogP contribution in [0, 0.1) is 6.92 Å². The SMILES string of the molecule is CCc1ccc(Nc2nc(C)cc(Nc3ccccc3)n2)cc1. The number of anilines is 4. The van der Waals surface area contributed by atoms with Crippen LogP contribution in [0.3, 0.4) is 0 Å². The molecule has 2 N–H and O–H groups in total. The molecule has 0 aliphatic rings. The van der Waals surface area contributed by atoms with E-state index in [2.05, 4.69) is 51.8 Å². The molecule has 0 unspecified atom stereocenters. The molecule has 0 atom stereocenters. The van der Waals surface area contributed by atoms with Crippen molar-refractivity contribution < 1.29 is 0 Å². The number of rotatable bonds is 5. The molecule has 1 heterocycles. The Labute approximate surface area is 136 Å². The molecule has 0 bridgehead atoms. The van der Waals surface area contributed by atoms with Crippen LogP contribution in [0.25, 0.3) is 0 Å². The maximum absolute atomic E-state index is 4.53. The molecule has 0 saturated heterocycles. The van der Waals surface area contributed by atoms with E-state index in [-0.39, 0.29) is 0 Å². The molecule has 116 valence electrons. The Bertz CT molecular complexity index is 767. The van der Waals surface area contributed by atoms with E-state index < -0.39 is 0 Å². The molecule has 0 aliphatic carbocycles. The van der Waals surface area contributed by atoms with Gasteiger partial charge in [0.2, 0.25) is 5.95 Å². The third kappa shape index (κ3) is 4.07. The summed E-state index contributed by atoms with van der Waals surface area (Å²) >= 11 is 0. The van der Waals surface area contributed by atoms with Crippen LogP contribution in [0.5, 0.6) is 0 Å². The van der Waals surface area contributed by atoms with Crippen LogP contribution in [0.2, 0.25) is 0 Å². The highest BCUT2D eigenvalue weighted by molar-refractivity contribution is 5.60. The molecule has 0 spiro atoms. The third-order valence-electron chi connectivity index (χ3n) is 3.52. The van der Waals surface area contributed by atoms with Gasteiger partial charge in [-0.15, -0.1) is 0 Å². The Morgan fingerprint density at radius 3 is 2.22 bits per heavy atom. The zero-order valence-electron chi connectivity index (χ0n) is 13.4. The highest BCUT2D eigenvalue weighted by atomic mass is 15.1. The van der Waals surface area contributed by atoms with Crippen LogP contribution in [0.1, 0.15) is 18.2 Å². The van der Waals surface area contributed by atoms with Gasteiger partial charge in [-0.3, -0.25) is 0 Å². The van der Waals surface area contributed by atoms with Crippen molar-refractivity contribution in [3.63, 3.8) is 0 Å². The lowest BCUT2D eigenvalue weighted by Gasteiger charge is -2.10. The number of aryl methyl sites for hydroxylation is 2. The fourth-order valence-corrected chi connectivity index (χ4v) is 2.31. The van der Waals surface area contributed by atoms with Gasteiger partial charge in [0, 0.05) is 23.1 Å². The summed E-state index contributed by atoms with van der Waals surface area (Å²) in [5.74, 6) is 1.36. The predicted octanol–water partition coefficient (Wildman–Crippen LogP) is 4.83. The summed E-state index contributed by atoms with van der Waals surface area (Å²) < 4.78 is 0. The molecule has 1 aromatic heterocycles. The first-order valence-electron chi connectivity index (χ1n) is 7.76. The molecule has 4 heteroatoms. The summed E-state index contributed by atoms with van der Waals surface area (Å²) in [6, 6.07) is 20.2. The lowest BCUT2D eigenvalue weighted by atomic mass is 10.1. The van der Waals surface area contributed by atoms with E-state index in [1.165, 1.54) is 5.56 Å². The fourth-order valence-electron chi connectivity index (χ4n) is 2.31. The van der Waals surface area contributed by atoms with Crippen LogP contribution in [-0.2, 0) is 6.42 Å². The molecule has 2 aromatic carbocycles. The van der Waals surface area contributed by atoms with Gasteiger partial charge in [-0.1, -0.05) is 37.3 Å². The van der Waals surface area contributed by atoms with Crippen molar-refractivity contribution in [2.45, 2.75) is 20.3 Å². The van der Waals surface area contributed by atoms with Crippen LogP contribution in [-0.4, -0.2) is 9.97 Å². The summed E-state index contributed by atoms with van der Waals surface area (Å²) in [5, 5.41) is 6.56. The van der Waals surface area contributed by atoms with Crippen molar-refractivity contribution in [2.24, 2.45) is 0 Å². The number of hydrogen-bond acceptors (Lipinski definition) is 4. The molecular weight excluding hydrogens is 284 g/mol. The molecule has 0 fully saturated rings. The number of hydrogen-bond donors (Lipinski definition) is 2. The average molecular weight is 304 g/mol. The minimum absolute atomic E-state index is 0.590. The first kappa shape index (κ1) is 15.0. The summed E-state index contributed by atoms with van der Waals surface area (Å²) in [6.07, 6.45) is 1.03. The molecule has 4 nitrogen and oxygen atoms in total. The van der Waals surface area contributed by atoms with E-state index in [0.29, 0.717) is 5.95 Å².